The molecule has 2 aromatic rings. The number of fused-ring (bicyclic) bond motifs is 1. The van der Waals surface area contributed by atoms with E-state index in [1.807, 2.05) is 6.07 Å². The van der Waals surface area contributed by atoms with Crippen LogP contribution in [0.15, 0.2) is 36.4 Å². The van der Waals surface area contributed by atoms with E-state index >= 15 is 0 Å². The van der Waals surface area contributed by atoms with Gasteiger partial charge in [-0.3, -0.25) is 4.79 Å². The van der Waals surface area contributed by atoms with Crippen LogP contribution in [-0.2, 0) is 19.6 Å². The summed E-state index contributed by atoms with van der Waals surface area (Å²) in [6.45, 7) is 2.34. The predicted molar refractivity (Wildman–Crippen MR) is 111 cm³/mol. The average Bonchev–Trinajstić information content (AvgIpc) is 3.37. The van der Waals surface area contributed by atoms with Crippen LogP contribution in [-0.4, -0.2) is 19.1 Å². The summed E-state index contributed by atoms with van der Waals surface area (Å²) in [7, 11) is 1.61. The van der Waals surface area contributed by atoms with Crippen LogP contribution in [0, 0.1) is 0 Å². The van der Waals surface area contributed by atoms with E-state index in [1.54, 1.807) is 19.2 Å². The van der Waals surface area contributed by atoms with Crippen molar-refractivity contribution in [1.29, 1.82) is 0 Å². The number of carbonyl (C=O) groups is 1. The molecule has 2 N–H and O–H groups in total. The quantitative estimate of drug-likeness (QED) is 0.767. The van der Waals surface area contributed by atoms with E-state index in [0.29, 0.717) is 23.6 Å². The molecule has 150 valence electrons. The summed E-state index contributed by atoms with van der Waals surface area (Å²) < 4.78 is 11.5. The fourth-order valence-electron chi connectivity index (χ4n) is 3.83. The standard InChI is InChI=1S/C22H26N2O3.ClH/c1-26-21-11-16(8-9-20(21)27-19-4-2-3-5-19)22(25)24-12-15-6-7-17-13-23-14-18(17)10-15;/h6-11,19,23H,2-5,12-14H2,1H3,(H,24,25);1H. The van der Waals surface area contributed by atoms with Crippen LogP contribution in [0.2, 0.25) is 0 Å². The Morgan fingerprint density at radius 1 is 1.07 bits per heavy atom. The molecule has 1 aliphatic heterocycles. The first-order valence-corrected chi connectivity index (χ1v) is 9.67. The number of halogens is 1. The second-order valence-electron chi connectivity index (χ2n) is 7.28. The molecular formula is C22H27ClN2O3. The third kappa shape index (κ3) is 4.59. The van der Waals surface area contributed by atoms with Gasteiger partial charge in [-0.2, -0.15) is 0 Å². The van der Waals surface area contributed by atoms with Crippen LogP contribution < -0.4 is 20.1 Å². The summed E-state index contributed by atoms with van der Waals surface area (Å²) in [5, 5.41) is 6.33. The highest BCUT2D eigenvalue weighted by Gasteiger charge is 2.19. The van der Waals surface area contributed by atoms with Gasteiger partial charge < -0.3 is 20.1 Å². The van der Waals surface area contributed by atoms with Crippen molar-refractivity contribution in [3.05, 3.63) is 58.7 Å². The summed E-state index contributed by atoms with van der Waals surface area (Å²) in [4.78, 5) is 12.6. The number of ether oxygens (including phenoxy) is 2. The monoisotopic (exact) mass is 402 g/mol. The van der Waals surface area contributed by atoms with Crippen LogP contribution in [0.3, 0.4) is 0 Å². The van der Waals surface area contributed by atoms with Crippen molar-refractivity contribution >= 4 is 18.3 Å². The Bertz CT molecular complexity index is 835. The number of hydrogen-bond acceptors (Lipinski definition) is 4. The van der Waals surface area contributed by atoms with Gasteiger partial charge in [-0.15, -0.1) is 12.4 Å². The SMILES string of the molecule is COc1cc(C(=O)NCc2ccc3c(c2)CNC3)ccc1OC1CCCC1.Cl. The van der Waals surface area contributed by atoms with Gasteiger partial charge >= 0.3 is 0 Å². The summed E-state index contributed by atoms with van der Waals surface area (Å²) in [6, 6.07) is 11.8. The Labute approximate surface area is 172 Å². The van der Waals surface area contributed by atoms with E-state index < -0.39 is 0 Å². The third-order valence-corrected chi connectivity index (χ3v) is 5.38. The lowest BCUT2D eigenvalue weighted by atomic mass is 10.1. The highest BCUT2D eigenvalue weighted by atomic mass is 35.5. The van der Waals surface area contributed by atoms with Gasteiger partial charge in [-0.1, -0.05) is 18.2 Å². The van der Waals surface area contributed by atoms with E-state index in [4.69, 9.17) is 9.47 Å². The zero-order valence-corrected chi connectivity index (χ0v) is 16.9. The van der Waals surface area contributed by atoms with Gasteiger partial charge in [-0.05, 0) is 60.6 Å². The molecule has 0 bridgehead atoms. The van der Waals surface area contributed by atoms with Crippen molar-refractivity contribution in [2.75, 3.05) is 7.11 Å². The maximum atomic E-state index is 12.6. The molecular weight excluding hydrogens is 376 g/mol. The molecule has 2 aliphatic rings. The fraction of sp³-hybridized carbons (Fsp3) is 0.409. The minimum Gasteiger partial charge on any atom is -0.493 e. The molecule has 1 aliphatic carbocycles. The Balaban J connectivity index is 0.00000225. The summed E-state index contributed by atoms with van der Waals surface area (Å²) >= 11 is 0. The van der Waals surface area contributed by atoms with Gasteiger partial charge in [0.2, 0.25) is 0 Å². The van der Waals surface area contributed by atoms with Crippen LogP contribution >= 0.6 is 12.4 Å². The second-order valence-corrected chi connectivity index (χ2v) is 7.28. The molecule has 0 atom stereocenters. The van der Waals surface area contributed by atoms with Gasteiger partial charge in [0, 0.05) is 25.2 Å². The highest BCUT2D eigenvalue weighted by Crippen LogP contribution is 2.32. The van der Waals surface area contributed by atoms with Crippen molar-refractivity contribution in [3.63, 3.8) is 0 Å². The van der Waals surface area contributed by atoms with E-state index in [1.165, 1.54) is 24.0 Å². The van der Waals surface area contributed by atoms with E-state index in [9.17, 15) is 4.79 Å². The van der Waals surface area contributed by atoms with Crippen LogP contribution in [0.1, 0.15) is 52.7 Å². The molecule has 0 aromatic heterocycles. The molecule has 0 spiro atoms. The fourth-order valence-corrected chi connectivity index (χ4v) is 3.83. The summed E-state index contributed by atoms with van der Waals surface area (Å²) in [6.07, 6.45) is 4.86. The third-order valence-electron chi connectivity index (χ3n) is 5.38. The molecule has 0 saturated heterocycles. The van der Waals surface area contributed by atoms with Gasteiger partial charge in [0.05, 0.1) is 13.2 Å². The van der Waals surface area contributed by atoms with Crippen LogP contribution in [0.4, 0.5) is 0 Å². The molecule has 0 unspecified atom stereocenters. The molecule has 1 fully saturated rings. The van der Waals surface area contributed by atoms with Crippen molar-refractivity contribution in [1.82, 2.24) is 10.6 Å². The van der Waals surface area contributed by atoms with Crippen molar-refractivity contribution in [2.45, 2.75) is 51.4 Å². The Hall–Kier alpha value is -2.24. The first kappa shape index (κ1) is 20.5. The lowest BCUT2D eigenvalue weighted by Gasteiger charge is -2.16. The van der Waals surface area contributed by atoms with Crippen LogP contribution in [0.5, 0.6) is 11.5 Å². The highest BCUT2D eigenvalue weighted by molar-refractivity contribution is 5.94. The topological polar surface area (TPSA) is 59.6 Å². The Morgan fingerprint density at radius 3 is 2.64 bits per heavy atom. The maximum absolute atomic E-state index is 12.6. The first-order valence-electron chi connectivity index (χ1n) is 9.67. The van der Waals surface area contributed by atoms with Gasteiger partial charge in [0.1, 0.15) is 0 Å². The lowest BCUT2D eigenvalue weighted by Crippen LogP contribution is -2.23. The molecule has 0 radical (unpaired) electrons. The molecule has 5 nitrogen and oxygen atoms in total. The lowest BCUT2D eigenvalue weighted by molar-refractivity contribution is 0.0950. The molecule has 1 saturated carbocycles. The molecule has 1 heterocycles. The number of carbonyl (C=O) groups excluding carboxylic acids is 1. The molecule has 4 rings (SSSR count). The molecule has 6 heteroatoms. The van der Waals surface area contributed by atoms with Gasteiger partial charge in [0.15, 0.2) is 11.5 Å². The maximum Gasteiger partial charge on any atom is 0.251 e. The van der Waals surface area contributed by atoms with E-state index in [2.05, 4.69) is 28.8 Å². The Morgan fingerprint density at radius 2 is 1.86 bits per heavy atom. The number of nitrogens with one attached hydrogen (secondary N) is 2. The van der Waals surface area contributed by atoms with Crippen molar-refractivity contribution in [3.8, 4) is 11.5 Å². The minimum absolute atomic E-state index is 0. The van der Waals surface area contributed by atoms with E-state index in [0.717, 1.165) is 31.5 Å². The zero-order chi connectivity index (χ0) is 18.6. The van der Waals surface area contributed by atoms with Crippen molar-refractivity contribution in [2.24, 2.45) is 0 Å². The number of amides is 1. The average molecular weight is 403 g/mol. The van der Waals surface area contributed by atoms with Gasteiger partial charge in [-0.25, -0.2) is 0 Å². The normalized spacial score (nSPS) is 15.6. The summed E-state index contributed by atoms with van der Waals surface area (Å²) in [5.41, 5.74) is 4.34. The number of rotatable bonds is 6. The Kier molecular flexibility index (Phi) is 6.81. The number of methoxy groups -OCH3 is 1. The second kappa shape index (κ2) is 9.30. The minimum atomic E-state index is -0.112. The molecule has 1 amide bonds. The molecule has 2 aromatic carbocycles. The summed E-state index contributed by atoms with van der Waals surface area (Å²) in [5.74, 6) is 1.21. The van der Waals surface area contributed by atoms with Crippen LogP contribution in [0.25, 0.3) is 0 Å². The van der Waals surface area contributed by atoms with E-state index in [-0.39, 0.29) is 24.4 Å². The smallest absolute Gasteiger partial charge is 0.251 e. The molecule has 28 heavy (non-hydrogen) atoms. The first-order chi connectivity index (χ1) is 13.2. The van der Waals surface area contributed by atoms with Gasteiger partial charge in [0.25, 0.3) is 5.91 Å². The van der Waals surface area contributed by atoms with Crippen molar-refractivity contribution < 1.29 is 14.3 Å². The zero-order valence-electron chi connectivity index (χ0n) is 16.1. The number of hydrogen-bond donors (Lipinski definition) is 2. The number of benzene rings is 2. The predicted octanol–water partition coefficient (Wildman–Crippen LogP) is 3.97. The largest absolute Gasteiger partial charge is 0.493 e.